The van der Waals surface area contributed by atoms with Crippen LogP contribution in [0.5, 0.6) is 0 Å². The minimum atomic E-state index is -0.0573. The van der Waals surface area contributed by atoms with Crippen LogP contribution in [0.1, 0.15) is 36.6 Å². The van der Waals surface area contributed by atoms with E-state index in [-0.39, 0.29) is 12.1 Å². The van der Waals surface area contributed by atoms with Gasteiger partial charge in [-0.15, -0.1) is 10.2 Å². The quantitative estimate of drug-likeness (QED) is 0.479. The molecule has 4 rings (SSSR count). The van der Waals surface area contributed by atoms with Crippen molar-refractivity contribution >= 4 is 0 Å². The van der Waals surface area contributed by atoms with Gasteiger partial charge in [-0.25, -0.2) is 0 Å². The van der Waals surface area contributed by atoms with Crippen molar-refractivity contribution in [2.45, 2.75) is 39.7 Å². The smallest absolute Gasteiger partial charge is 0.260 e. The first-order valence-corrected chi connectivity index (χ1v) is 10.5. The molecule has 0 fully saturated rings. The topological polar surface area (TPSA) is 102 Å². The molecular formula is C24H26N6O. The Balaban J connectivity index is 1.99. The summed E-state index contributed by atoms with van der Waals surface area (Å²) in [6.45, 7) is 4.32. The molecule has 0 unspecified atom stereocenters. The number of rotatable bonds is 7. The number of pyridine rings is 1. The average Bonchev–Trinajstić information content (AvgIpc) is 3.33. The summed E-state index contributed by atoms with van der Waals surface area (Å²) in [5.41, 5.74) is 12.0. The Morgan fingerprint density at radius 1 is 1.03 bits per heavy atom. The third-order valence-electron chi connectivity index (χ3n) is 5.55. The van der Waals surface area contributed by atoms with Crippen molar-refractivity contribution in [1.82, 2.24) is 25.2 Å². The van der Waals surface area contributed by atoms with Crippen molar-refractivity contribution in [3.63, 3.8) is 0 Å². The van der Waals surface area contributed by atoms with Gasteiger partial charge in [0.05, 0.1) is 5.69 Å². The molecule has 3 N–H and O–H groups in total. The van der Waals surface area contributed by atoms with Gasteiger partial charge >= 0.3 is 0 Å². The van der Waals surface area contributed by atoms with Gasteiger partial charge in [0, 0.05) is 28.9 Å². The molecule has 0 saturated carbocycles. The molecule has 0 saturated heterocycles. The fourth-order valence-electron chi connectivity index (χ4n) is 3.98. The van der Waals surface area contributed by atoms with Crippen molar-refractivity contribution in [1.29, 1.82) is 0 Å². The number of unbranched alkanes of at least 4 members (excludes halogenated alkanes) is 1. The van der Waals surface area contributed by atoms with Crippen LogP contribution >= 0.6 is 0 Å². The molecule has 0 spiro atoms. The van der Waals surface area contributed by atoms with E-state index in [1.165, 1.54) is 0 Å². The number of nitrogens with two attached hydrogens (primary N) is 1. The number of benzene rings is 2. The normalized spacial score (nSPS) is 11.1. The Kier molecular flexibility index (Phi) is 6.04. The number of hydrogen-bond acceptors (Lipinski definition) is 5. The Hall–Kier alpha value is -3.58. The van der Waals surface area contributed by atoms with Crippen LogP contribution < -0.4 is 11.3 Å². The summed E-state index contributed by atoms with van der Waals surface area (Å²) in [5.74, 6) is 0.510. The van der Waals surface area contributed by atoms with E-state index in [0.717, 1.165) is 52.9 Å². The van der Waals surface area contributed by atoms with E-state index in [1.54, 1.807) is 0 Å². The Morgan fingerprint density at radius 3 is 2.42 bits per heavy atom. The number of nitrogens with zero attached hydrogens (tertiary/aromatic N) is 4. The minimum Gasteiger partial charge on any atom is -0.326 e. The molecule has 7 nitrogen and oxygen atoms in total. The zero-order valence-electron chi connectivity index (χ0n) is 17.8. The van der Waals surface area contributed by atoms with Crippen LogP contribution in [-0.4, -0.2) is 25.2 Å². The standard InChI is InChI=1S/C24H26N6O/c1-3-4-9-17-14-16(2)21(15-25)24(31)30(17)22-13-8-7-11-19(22)18-10-5-6-12-20(18)23-26-28-29-27-23/h5-8,10-14H,3-4,9,15,25H2,1-2H3,(H,26,27,28,29). The molecule has 158 valence electrons. The van der Waals surface area contributed by atoms with Gasteiger partial charge in [-0.3, -0.25) is 9.36 Å². The molecule has 2 aromatic heterocycles. The predicted octanol–water partition coefficient (Wildman–Crippen LogP) is 3.79. The second-order valence-electron chi connectivity index (χ2n) is 7.54. The number of aromatic nitrogens is 5. The molecule has 0 bridgehead atoms. The summed E-state index contributed by atoms with van der Waals surface area (Å²) in [6.07, 6.45) is 2.87. The summed E-state index contributed by atoms with van der Waals surface area (Å²) in [7, 11) is 0. The number of tetrazole rings is 1. The minimum absolute atomic E-state index is 0.0573. The maximum atomic E-state index is 13.5. The van der Waals surface area contributed by atoms with Crippen LogP contribution in [0.3, 0.4) is 0 Å². The Labute approximate surface area is 180 Å². The van der Waals surface area contributed by atoms with Gasteiger partial charge in [0.15, 0.2) is 0 Å². The maximum Gasteiger partial charge on any atom is 0.260 e. The largest absolute Gasteiger partial charge is 0.326 e. The van der Waals surface area contributed by atoms with Gasteiger partial charge in [0.2, 0.25) is 5.82 Å². The number of aryl methyl sites for hydroxylation is 2. The first kappa shape index (κ1) is 20.7. The SMILES string of the molecule is CCCCc1cc(C)c(CN)c(=O)n1-c1ccccc1-c1ccccc1-c1nn[nH]n1. The van der Waals surface area contributed by atoms with Crippen LogP contribution in [0.15, 0.2) is 59.4 Å². The van der Waals surface area contributed by atoms with Gasteiger partial charge in [0.1, 0.15) is 0 Å². The second kappa shape index (κ2) is 9.06. The highest BCUT2D eigenvalue weighted by atomic mass is 16.1. The number of hydrogen-bond donors (Lipinski definition) is 2. The van der Waals surface area contributed by atoms with E-state index in [9.17, 15) is 4.79 Å². The summed E-state index contributed by atoms with van der Waals surface area (Å²) in [5, 5.41) is 14.5. The third kappa shape index (κ3) is 3.92. The second-order valence-corrected chi connectivity index (χ2v) is 7.54. The highest BCUT2D eigenvalue weighted by molar-refractivity contribution is 5.84. The molecule has 2 heterocycles. The molecule has 0 aliphatic carbocycles. The van der Waals surface area contributed by atoms with Gasteiger partial charge in [0.25, 0.3) is 5.56 Å². The fourth-order valence-corrected chi connectivity index (χ4v) is 3.98. The molecule has 4 aromatic rings. The molecule has 2 aromatic carbocycles. The molecule has 0 aliphatic heterocycles. The lowest BCUT2D eigenvalue weighted by atomic mass is 9.96. The number of para-hydroxylation sites is 1. The maximum absolute atomic E-state index is 13.5. The number of nitrogens with one attached hydrogen (secondary N) is 1. The number of aromatic amines is 1. The van der Waals surface area contributed by atoms with E-state index < -0.39 is 0 Å². The molecule has 0 amide bonds. The third-order valence-corrected chi connectivity index (χ3v) is 5.55. The highest BCUT2D eigenvalue weighted by Gasteiger charge is 2.18. The van der Waals surface area contributed by atoms with Crippen molar-refractivity contribution in [2.75, 3.05) is 0 Å². The molecule has 7 heteroatoms. The van der Waals surface area contributed by atoms with Crippen LogP contribution in [-0.2, 0) is 13.0 Å². The van der Waals surface area contributed by atoms with Crippen molar-refractivity contribution in [3.05, 3.63) is 81.8 Å². The van der Waals surface area contributed by atoms with Crippen molar-refractivity contribution in [2.24, 2.45) is 5.73 Å². The monoisotopic (exact) mass is 414 g/mol. The van der Waals surface area contributed by atoms with E-state index in [1.807, 2.05) is 60.0 Å². The van der Waals surface area contributed by atoms with Crippen LogP contribution in [0, 0.1) is 6.92 Å². The molecule has 0 radical (unpaired) electrons. The number of H-pyrrole nitrogens is 1. The predicted molar refractivity (Wildman–Crippen MR) is 122 cm³/mol. The van der Waals surface area contributed by atoms with Crippen LogP contribution in [0.4, 0.5) is 0 Å². The van der Waals surface area contributed by atoms with Crippen molar-refractivity contribution < 1.29 is 0 Å². The van der Waals surface area contributed by atoms with Gasteiger partial charge in [-0.1, -0.05) is 55.8 Å². The lowest BCUT2D eigenvalue weighted by molar-refractivity contribution is 0.737. The average molecular weight is 415 g/mol. The lowest BCUT2D eigenvalue weighted by Crippen LogP contribution is -2.28. The van der Waals surface area contributed by atoms with Gasteiger partial charge in [-0.05, 0) is 48.2 Å². The van der Waals surface area contributed by atoms with Crippen LogP contribution in [0.2, 0.25) is 0 Å². The fraction of sp³-hybridized carbons (Fsp3) is 0.250. The molecule has 0 atom stereocenters. The summed E-state index contributed by atoms with van der Waals surface area (Å²) >= 11 is 0. The molecule has 0 aliphatic rings. The Morgan fingerprint density at radius 2 is 1.74 bits per heavy atom. The highest BCUT2D eigenvalue weighted by Crippen LogP contribution is 2.34. The van der Waals surface area contributed by atoms with Crippen molar-refractivity contribution in [3.8, 4) is 28.2 Å². The van der Waals surface area contributed by atoms with Gasteiger partial charge < -0.3 is 5.73 Å². The zero-order valence-corrected chi connectivity index (χ0v) is 17.8. The van der Waals surface area contributed by atoms with E-state index in [2.05, 4.69) is 33.6 Å². The van der Waals surface area contributed by atoms with E-state index in [4.69, 9.17) is 5.73 Å². The van der Waals surface area contributed by atoms with E-state index in [0.29, 0.717) is 11.4 Å². The Bertz CT molecular complexity index is 1240. The first-order valence-electron chi connectivity index (χ1n) is 10.5. The lowest BCUT2D eigenvalue weighted by Gasteiger charge is -2.20. The summed E-state index contributed by atoms with van der Waals surface area (Å²) in [6, 6.07) is 17.9. The van der Waals surface area contributed by atoms with Gasteiger partial charge in [-0.2, -0.15) is 5.21 Å². The summed E-state index contributed by atoms with van der Waals surface area (Å²) in [4.78, 5) is 13.5. The first-order chi connectivity index (χ1) is 15.2. The zero-order chi connectivity index (χ0) is 21.8. The van der Waals surface area contributed by atoms with Crippen LogP contribution in [0.25, 0.3) is 28.2 Å². The summed E-state index contributed by atoms with van der Waals surface area (Å²) < 4.78 is 1.83. The molecular weight excluding hydrogens is 388 g/mol. The van der Waals surface area contributed by atoms with E-state index >= 15 is 0 Å². The molecule has 31 heavy (non-hydrogen) atoms.